The van der Waals surface area contributed by atoms with Crippen molar-refractivity contribution in [1.82, 2.24) is 5.32 Å². The summed E-state index contributed by atoms with van der Waals surface area (Å²) >= 11 is 0. The summed E-state index contributed by atoms with van der Waals surface area (Å²) in [6.45, 7) is 6.17. The van der Waals surface area contributed by atoms with Gasteiger partial charge in [-0.1, -0.05) is 0 Å². The molecule has 1 aliphatic heterocycles. The number of benzene rings is 1. The Morgan fingerprint density at radius 2 is 2.10 bits per heavy atom. The van der Waals surface area contributed by atoms with Crippen LogP contribution in [-0.4, -0.2) is 32.8 Å². The van der Waals surface area contributed by atoms with Crippen LogP contribution in [-0.2, 0) is 0 Å². The highest BCUT2D eigenvalue weighted by molar-refractivity contribution is 5.91. The molecule has 2 aromatic rings. The first-order valence-electron chi connectivity index (χ1n) is 6.94. The van der Waals surface area contributed by atoms with E-state index in [1.807, 2.05) is 19.1 Å². The zero-order chi connectivity index (χ0) is 13.9. The van der Waals surface area contributed by atoms with Gasteiger partial charge in [0.25, 0.3) is 0 Å². The molecule has 106 valence electrons. The normalized spacial score (nSPS) is 15.6. The van der Waals surface area contributed by atoms with E-state index in [4.69, 9.17) is 9.15 Å². The summed E-state index contributed by atoms with van der Waals surface area (Å²) in [4.78, 5) is 14.0. The molecule has 0 bridgehead atoms. The number of hydrogen-bond donors (Lipinski definition) is 1. The number of nitrogens with zero attached hydrogens (tertiary/aromatic N) is 1. The van der Waals surface area contributed by atoms with Crippen LogP contribution in [0.5, 0.6) is 5.75 Å². The minimum absolute atomic E-state index is 0.320. The molecule has 1 fully saturated rings. The Hall–Kier alpha value is -2.01. The predicted molar refractivity (Wildman–Crippen MR) is 78.7 cm³/mol. The molecule has 0 unspecified atom stereocenters. The van der Waals surface area contributed by atoms with Crippen LogP contribution < -0.4 is 20.6 Å². The van der Waals surface area contributed by atoms with E-state index in [1.165, 1.54) is 0 Å². The molecule has 0 aliphatic carbocycles. The Bertz CT molecular complexity index is 660. The van der Waals surface area contributed by atoms with Crippen molar-refractivity contribution >= 4 is 16.7 Å². The largest absolute Gasteiger partial charge is 0.494 e. The van der Waals surface area contributed by atoms with Gasteiger partial charge in [-0.2, -0.15) is 0 Å². The third-order valence-corrected chi connectivity index (χ3v) is 3.46. The van der Waals surface area contributed by atoms with Gasteiger partial charge in [-0.25, -0.2) is 4.79 Å². The first kappa shape index (κ1) is 13.0. The van der Waals surface area contributed by atoms with Gasteiger partial charge >= 0.3 is 5.63 Å². The minimum atomic E-state index is -0.320. The van der Waals surface area contributed by atoms with E-state index < -0.39 is 0 Å². The number of hydrogen-bond acceptors (Lipinski definition) is 5. The zero-order valence-electron chi connectivity index (χ0n) is 11.5. The SMILES string of the molecule is CCOc1ccc2c(N3CCNCC3)cc(=O)oc2c1. The standard InChI is InChI=1S/C15H18N2O3/c1-2-19-11-3-4-12-13(17-7-5-16-6-8-17)10-15(18)20-14(12)9-11/h3-4,9-10,16H,2,5-8H2,1H3. The third kappa shape index (κ3) is 2.49. The van der Waals surface area contributed by atoms with Crippen LogP contribution in [0.2, 0.25) is 0 Å². The van der Waals surface area contributed by atoms with Crippen LogP contribution >= 0.6 is 0 Å². The fourth-order valence-corrected chi connectivity index (χ4v) is 2.55. The maximum atomic E-state index is 11.8. The maximum absolute atomic E-state index is 11.8. The fraction of sp³-hybridized carbons (Fsp3) is 0.400. The molecule has 0 atom stereocenters. The lowest BCUT2D eigenvalue weighted by molar-refractivity contribution is 0.340. The number of ether oxygens (including phenoxy) is 1. The molecule has 1 saturated heterocycles. The second-order valence-corrected chi connectivity index (χ2v) is 4.78. The maximum Gasteiger partial charge on any atom is 0.338 e. The van der Waals surface area contributed by atoms with Crippen LogP contribution in [0.25, 0.3) is 11.0 Å². The highest BCUT2D eigenvalue weighted by Crippen LogP contribution is 2.28. The van der Waals surface area contributed by atoms with E-state index in [-0.39, 0.29) is 5.63 Å². The second-order valence-electron chi connectivity index (χ2n) is 4.78. The number of fused-ring (bicyclic) bond motifs is 1. The van der Waals surface area contributed by atoms with Gasteiger partial charge < -0.3 is 19.4 Å². The van der Waals surface area contributed by atoms with E-state index in [2.05, 4.69) is 10.2 Å². The highest BCUT2D eigenvalue weighted by Gasteiger charge is 2.15. The monoisotopic (exact) mass is 274 g/mol. The molecule has 1 aromatic carbocycles. The number of rotatable bonds is 3. The van der Waals surface area contributed by atoms with Gasteiger partial charge in [0, 0.05) is 43.7 Å². The van der Waals surface area contributed by atoms with E-state index in [0.29, 0.717) is 12.2 Å². The molecule has 5 nitrogen and oxygen atoms in total. The topological polar surface area (TPSA) is 54.7 Å². The average molecular weight is 274 g/mol. The molecular weight excluding hydrogens is 256 g/mol. The van der Waals surface area contributed by atoms with Crippen LogP contribution in [0, 0.1) is 0 Å². The lowest BCUT2D eigenvalue weighted by Crippen LogP contribution is -2.43. The van der Waals surface area contributed by atoms with Crippen LogP contribution in [0.4, 0.5) is 5.69 Å². The van der Waals surface area contributed by atoms with Crippen molar-refractivity contribution in [1.29, 1.82) is 0 Å². The molecule has 20 heavy (non-hydrogen) atoms. The van der Waals surface area contributed by atoms with Crippen molar-refractivity contribution < 1.29 is 9.15 Å². The molecule has 1 aliphatic rings. The summed E-state index contributed by atoms with van der Waals surface area (Å²) in [5.41, 5.74) is 1.21. The van der Waals surface area contributed by atoms with Gasteiger partial charge in [0.2, 0.25) is 0 Å². The van der Waals surface area contributed by atoms with E-state index in [0.717, 1.165) is 43.0 Å². The molecule has 2 heterocycles. The van der Waals surface area contributed by atoms with E-state index in [9.17, 15) is 4.79 Å². The van der Waals surface area contributed by atoms with Gasteiger partial charge in [0.15, 0.2) is 0 Å². The van der Waals surface area contributed by atoms with Gasteiger partial charge in [-0.15, -0.1) is 0 Å². The second kappa shape index (κ2) is 5.54. The van der Waals surface area contributed by atoms with Crippen molar-refractivity contribution in [2.24, 2.45) is 0 Å². The van der Waals surface area contributed by atoms with Crippen LogP contribution in [0.3, 0.4) is 0 Å². The summed E-state index contributed by atoms with van der Waals surface area (Å²) in [7, 11) is 0. The summed E-state index contributed by atoms with van der Waals surface area (Å²) in [5.74, 6) is 0.723. The average Bonchev–Trinajstić information content (AvgIpc) is 2.47. The lowest BCUT2D eigenvalue weighted by Gasteiger charge is -2.29. The smallest absolute Gasteiger partial charge is 0.338 e. The van der Waals surface area contributed by atoms with E-state index in [1.54, 1.807) is 12.1 Å². The zero-order valence-corrected chi connectivity index (χ0v) is 11.5. The Balaban J connectivity index is 2.09. The minimum Gasteiger partial charge on any atom is -0.494 e. The summed E-state index contributed by atoms with van der Waals surface area (Å²) in [5, 5.41) is 4.26. The first-order valence-corrected chi connectivity index (χ1v) is 6.94. The van der Waals surface area contributed by atoms with Crippen molar-refractivity contribution in [2.45, 2.75) is 6.92 Å². The van der Waals surface area contributed by atoms with Crippen molar-refractivity contribution in [2.75, 3.05) is 37.7 Å². The molecule has 3 rings (SSSR count). The molecule has 1 aromatic heterocycles. The first-order chi connectivity index (χ1) is 9.78. The Morgan fingerprint density at radius 3 is 2.85 bits per heavy atom. The number of piperazine rings is 1. The van der Waals surface area contributed by atoms with Gasteiger partial charge in [-0.05, 0) is 19.1 Å². The predicted octanol–water partition coefficient (Wildman–Crippen LogP) is 1.60. The Labute approximate surface area is 117 Å². The van der Waals surface area contributed by atoms with Crippen LogP contribution in [0.15, 0.2) is 33.5 Å². The molecular formula is C15H18N2O3. The summed E-state index contributed by atoms with van der Waals surface area (Å²) in [6, 6.07) is 7.23. The van der Waals surface area contributed by atoms with Crippen molar-refractivity contribution in [3.8, 4) is 5.75 Å². The highest BCUT2D eigenvalue weighted by atomic mass is 16.5. The quantitative estimate of drug-likeness (QED) is 0.862. The molecule has 0 spiro atoms. The Kier molecular flexibility index (Phi) is 3.60. The molecule has 1 N–H and O–H groups in total. The third-order valence-electron chi connectivity index (χ3n) is 3.46. The molecule has 5 heteroatoms. The fourth-order valence-electron chi connectivity index (χ4n) is 2.55. The number of anilines is 1. The summed E-state index contributed by atoms with van der Waals surface area (Å²) in [6.07, 6.45) is 0. The molecule has 0 saturated carbocycles. The molecule has 0 amide bonds. The lowest BCUT2D eigenvalue weighted by atomic mass is 10.1. The molecule has 0 radical (unpaired) electrons. The van der Waals surface area contributed by atoms with Crippen molar-refractivity contribution in [3.05, 3.63) is 34.7 Å². The number of nitrogens with one attached hydrogen (secondary N) is 1. The Morgan fingerprint density at radius 1 is 1.30 bits per heavy atom. The van der Waals surface area contributed by atoms with Crippen LogP contribution in [0.1, 0.15) is 6.92 Å². The summed E-state index contributed by atoms with van der Waals surface area (Å²) < 4.78 is 10.8. The van der Waals surface area contributed by atoms with E-state index >= 15 is 0 Å². The van der Waals surface area contributed by atoms with Gasteiger partial charge in [-0.3, -0.25) is 0 Å². The van der Waals surface area contributed by atoms with Crippen molar-refractivity contribution in [3.63, 3.8) is 0 Å². The van der Waals surface area contributed by atoms with Gasteiger partial charge in [0.05, 0.1) is 12.3 Å². The van der Waals surface area contributed by atoms with Gasteiger partial charge in [0.1, 0.15) is 11.3 Å².